The van der Waals surface area contributed by atoms with E-state index in [0.717, 1.165) is 6.07 Å². The molecule has 2 aromatic rings. The van der Waals surface area contributed by atoms with Gasteiger partial charge in [0.25, 0.3) is 0 Å². The molecule has 12 nitrogen and oxygen atoms in total. The Labute approximate surface area is 143 Å². The zero-order valence-electron chi connectivity index (χ0n) is 12.6. The number of hydrogen-bond acceptors (Lipinski definition) is 12. The molecule has 0 aromatic heterocycles. The van der Waals surface area contributed by atoms with Crippen LogP contribution in [0, 0.1) is 29.4 Å². The van der Waals surface area contributed by atoms with Crippen molar-refractivity contribution in [1.29, 1.82) is 0 Å². The van der Waals surface area contributed by atoms with Gasteiger partial charge in [0.15, 0.2) is 11.4 Å². The first-order valence-electron chi connectivity index (χ1n) is 6.68. The van der Waals surface area contributed by atoms with E-state index in [1.807, 2.05) is 0 Å². The van der Waals surface area contributed by atoms with Gasteiger partial charge < -0.3 is 0 Å². The Morgan fingerprint density at radius 3 is 1.65 bits per heavy atom. The smallest absolute Gasteiger partial charge is 0.145 e. The van der Waals surface area contributed by atoms with Gasteiger partial charge in [0, 0.05) is 11.1 Å². The van der Waals surface area contributed by atoms with Gasteiger partial charge in [-0.05, 0) is 37.1 Å². The maximum Gasteiger partial charge on any atom is 0.169 e. The first-order valence-corrected chi connectivity index (χ1v) is 6.68. The Kier molecular flexibility index (Phi) is 5.61. The van der Waals surface area contributed by atoms with Crippen molar-refractivity contribution in [2.24, 2.45) is 31.1 Å². The monoisotopic (exact) mass is 354 g/mol. The average Bonchev–Trinajstić information content (AvgIpc) is 2.70. The van der Waals surface area contributed by atoms with Crippen LogP contribution in [0.2, 0.25) is 0 Å². The highest BCUT2D eigenvalue weighted by molar-refractivity contribution is 5.99. The number of nitroso groups, excluding NO2 is 6. The Bertz CT molecular complexity index is 956. The summed E-state index contributed by atoms with van der Waals surface area (Å²) in [5.41, 5.74) is -4.82. The molecule has 0 aliphatic rings. The van der Waals surface area contributed by atoms with Crippen molar-refractivity contribution >= 4 is 34.1 Å². The molecule has 2 rings (SSSR count). The molecule has 12 heteroatoms. The molecule has 0 saturated carbocycles. The molecule has 2 aromatic carbocycles. The van der Waals surface area contributed by atoms with Crippen molar-refractivity contribution < 1.29 is 0 Å². The molecule has 0 atom stereocenters. The largest absolute Gasteiger partial charge is 0.169 e. The van der Waals surface area contributed by atoms with Crippen molar-refractivity contribution in [2.75, 3.05) is 0 Å². The topological polar surface area (TPSA) is 177 Å². The van der Waals surface area contributed by atoms with Gasteiger partial charge in [-0.15, -0.1) is 29.4 Å². The molecule has 0 heterocycles. The van der Waals surface area contributed by atoms with E-state index in [1.165, 1.54) is 24.3 Å². The van der Waals surface area contributed by atoms with Crippen LogP contribution in [0.3, 0.4) is 0 Å². The van der Waals surface area contributed by atoms with E-state index in [4.69, 9.17) is 0 Å². The maximum absolute atomic E-state index is 11.3. The van der Waals surface area contributed by atoms with Crippen LogP contribution in [0.1, 0.15) is 11.1 Å². The van der Waals surface area contributed by atoms with Crippen LogP contribution in [-0.2, 0) is 0 Å². The van der Waals surface area contributed by atoms with Gasteiger partial charge in [-0.2, -0.15) is 0 Å². The normalized spacial score (nSPS) is 11.1. The highest BCUT2D eigenvalue weighted by Gasteiger charge is 2.26. The number of benzene rings is 2. The summed E-state index contributed by atoms with van der Waals surface area (Å²) in [5.74, 6) is 0. The second-order valence-corrected chi connectivity index (χ2v) is 4.60. The number of rotatable bonds is 8. The summed E-state index contributed by atoms with van der Waals surface area (Å²) in [6.45, 7) is 0. The Hall–Kier alpha value is -4.22. The van der Waals surface area contributed by atoms with Crippen molar-refractivity contribution in [2.45, 2.75) is 0 Å². The molecule has 0 saturated heterocycles. The summed E-state index contributed by atoms with van der Waals surface area (Å²) < 4.78 is 0. The zero-order valence-corrected chi connectivity index (χ0v) is 12.6. The van der Waals surface area contributed by atoms with Gasteiger partial charge in [0.2, 0.25) is 0 Å². The van der Waals surface area contributed by atoms with Crippen molar-refractivity contribution in [3.8, 4) is 0 Å². The van der Waals surface area contributed by atoms with Crippen molar-refractivity contribution in [1.82, 2.24) is 0 Å². The summed E-state index contributed by atoms with van der Waals surface area (Å²) in [6.07, 6.45) is 0. The Morgan fingerprint density at radius 1 is 0.615 bits per heavy atom. The van der Waals surface area contributed by atoms with Crippen LogP contribution in [-0.4, -0.2) is 0 Å². The molecule has 0 aliphatic heterocycles. The van der Waals surface area contributed by atoms with Gasteiger partial charge in [0.05, 0.1) is 0 Å². The van der Waals surface area contributed by atoms with E-state index in [2.05, 4.69) is 31.1 Å². The lowest BCUT2D eigenvalue weighted by Crippen LogP contribution is -1.90. The lowest BCUT2D eigenvalue weighted by atomic mass is 10.0. The highest BCUT2D eigenvalue weighted by atomic mass is 16.3. The third-order valence-corrected chi connectivity index (χ3v) is 3.31. The van der Waals surface area contributed by atoms with Crippen molar-refractivity contribution in [3.05, 3.63) is 77.0 Å². The molecule has 0 N–H and O–H groups in total. The van der Waals surface area contributed by atoms with Crippen LogP contribution < -0.4 is 0 Å². The van der Waals surface area contributed by atoms with E-state index >= 15 is 0 Å². The fourth-order valence-electron chi connectivity index (χ4n) is 2.20. The van der Waals surface area contributed by atoms with Crippen LogP contribution in [0.4, 0.5) is 22.7 Å². The predicted molar refractivity (Wildman–Crippen MR) is 93.1 cm³/mol. The maximum atomic E-state index is 11.3. The molecule has 0 aliphatic carbocycles. The van der Waals surface area contributed by atoms with E-state index in [1.54, 1.807) is 6.07 Å². The molecule has 0 spiro atoms. The summed E-state index contributed by atoms with van der Waals surface area (Å²) >= 11 is 0. The molecule has 0 radical (unpaired) electrons. The van der Waals surface area contributed by atoms with E-state index < -0.39 is 39.7 Å². The van der Waals surface area contributed by atoms with E-state index in [9.17, 15) is 29.4 Å². The van der Waals surface area contributed by atoms with Crippen LogP contribution in [0.5, 0.6) is 0 Å². The van der Waals surface area contributed by atoms with Crippen LogP contribution >= 0.6 is 0 Å². The minimum Gasteiger partial charge on any atom is -0.145 e. The quantitative estimate of drug-likeness (QED) is 0.437. The molecule has 0 amide bonds. The summed E-state index contributed by atoms with van der Waals surface area (Å²) in [4.78, 5) is 66.5. The van der Waals surface area contributed by atoms with Crippen LogP contribution in [0.15, 0.2) is 67.5 Å². The first-order chi connectivity index (χ1) is 12.7. The predicted octanol–water partition coefficient (Wildman–Crippen LogP) is 5.64. The second kappa shape index (κ2) is 8.05. The molecule has 26 heavy (non-hydrogen) atoms. The SMILES string of the molecule is O=NC(=C(N=O)c1cc(N=O)c(N=O)c(N=O)c1N=O)c1ccccc1. The zero-order chi connectivity index (χ0) is 19.1. The first kappa shape index (κ1) is 18.1. The summed E-state index contributed by atoms with van der Waals surface area (Å²) in [7, 11) is 0. The van der Waals surface area contributed by atoms with Crippen LogP contribution in [0.25, 0.3) is 11.4 Å². The molecule has 128 valence electrons. The lowest BCUT2D eigenvalue weighted by Gasteiger charge is -2.08. The van der Waals surface area contributed by atoms with Gasteiger partial charge in [0.1, 0.15) is 22.8 Å². The molecule has 0 bridgehead atoms. The van der Waals surface area contributed by atoms with Gasteiger partial charge in [-0.25, -0.2) is 0 Å². The fraction of sp³-hybridized carbons (Fsp3) is 0. The second-order valence-electron chi connectivity index (χ2n) is 4.60. The highest BCUT2D eigenvalue weighted by Crippen LogP contribution is 2.49. The van der Waals surface area contributed by atoms with Gasteiger partial charge in [-0.3, -0.25) is 0 Å². The fourth-order valence-corrected chi connectivity index (χ4v) is 2.20. The molecule has 0 fully saturated rings. The van der Waals surface area contributed by atoms with Gasteiger partial charge >= 0.3 is 0 Å². The van der Waals surface area contributed by atoms with Gasteiger partial charge in [-0.1, -0.05) is 30.3 Å². The van der Waals surface area contributed by atoms with E-state index in [-0.39, 0.29) is 5.56 Å². The molecular formula is C14H6N6O6. The minimum atomic E-state index is -0.915. The summed E-state index contributed by atoms with van der Waals surface area (Å²) in [6, 6.07) is 8.33. The minimum absolute atomic E-state index is 0.160. The third-order valence-electron chi connectivity index (χ3n) is 3.31. The molecule has 0 unspecified atom stereocenters. The Morgan fingerprint density at radius 2 is 1.19 bits per heavy atom. The molecular weight excluding hydrogens is 348 g/mol. The van der Waals surface area contributed by atoms with E-state index in [0.29, 0.717) is 0 Å². The third kappa shape index (κ3) is 3.06. The number of nitrogens with zero attached hydrogens (tertiary/aromatic N) is 6. The standard InChI is InChI=1S/C14H6N6O6/c21-15-9-6-8(12(18-24)14(20-26)13(9)19-25)11(17-23)10(16-22)7-4-2-1-3-5-7/h1-6H. The lowest BCUT2D eigenvalue weighted by molar-refractivity contribution is 1.32. The average molecular weight is 354 g/mol. The van der Waals surface area contributed by atoms with Crippen molar-refractivity contribution in [3.63, 3.8) is 0 Å². The number of hydrogen-bond donors (Lipinski definition) is 0. The summed E-state index contributed by atoms with van der Waals surface area (Å²) in [5, 5.41) is 15.3. The Balaban J connectivity index is 2.98.